The number of rotatable bonds is 2. The highest BCUT2D eigenvalue weighted by atomic mass is 79.9. The summed E-state index contributed by atoms with van der Waals surface area (Å²) in [5, 5.41) is 0.947. The largest absolute Gasteiger partial charge is 0.346 e. The average molecular weight is 297 g/mol. The molecule has 0 aliphatic rings. The van der Waals surface area contributed by atoms with Gasteiger partial charge in [0.2, 0.25) is 0 Å². The molecule has 17 heavy (non-hydrogen) atoms. The van der Waals surface area contributed by atoms with Crippen molar-refractivity contribution in [3.63, 3.8) is 0 Å². The third kappa shape index (κ3) is 2.52. The quantitative estimate of drug-likeness (QED) is 0.781. The van der Waals surface area contributed by atoms with Gasteiger partial charge in [-0.15, -0.1) is 6.58 Å². The lowest BCUT2D eigenvalue weighted by Crippen LogP contribution is -2.20. The molecule has 0 N–H and O–H groups in total. The highest BCUT2D eigenvalue weighted by molar-refractivity contribution is 9.10. The summed E-state index contributed by atoms with van der Waals surface area (Å²) in [6.07, 6.45) is 5.39. The second-order valence-corrected chi connectivity index (χ2v) is 4.27. The van der Waals surface area contributed by atoms with Gasteiger partial charge in [-0.1, -0.05) is 19.9 Å². The monoisotopic (exact) mass is 296 g/mol. The lowest BCUT2D eigenvalue weighted by molar-refractivity contribution is 0.778. The SMILES string of the molecule is C=CCn1cc(Br)c2ccn(C)c2c1=O.CC. The van der Waals surface area contributed by atoms with E-state index in [1.165, 1.54) is 0 Å². The van der Waals surface area contributed by atoms with Gasteiger partial charge in [0, 0.05) is 35.8 Å². The van der Waals surface area contributed by atoms with Crippen molar-refractivity contribution in [3.05, 3.63) is 45.9 Å². The van der Waals surface area contributed by atoms with Crippen LogP contribution in [0.25, 0.3) is 10.9 Å². The molecule has 0 saturated heterocycles. The molecule has 4 heteroatoms. The Labute approximate surface area is 109 Å². The number of fused-ring (bicyclic) bond motifs is 1. The molecule has 0 aromatic carbocycles. The molecule has 0 atom stereocenters. The Morgan fingerprint density at radius 3 is 2.71 bits per heavy atom. The predicted molar refractivity (Wildman–Crippen MR) is 76.4 cm³/mol. The Kier molecular flexibility index (Phi) is 4.75. The molecule has 0 spiro atoms. The summed E-state index contributed by atoms with van der Waals surface area (Å²) in [4.78, 5) is 12.0. The first-order valence-corrected chi connectivity index (χ1v) is 6.39. The highest BCUT2D eigenvalue weighted by Crippen LogP contribution is 2.21. The smallest absolute Gasteiger partial charge is 0.275 e. The number of aryl methyl sites for hydroxylation is 1. The third-order valence-corrected chi connectivity index (χ3v) is 3.02. The van der Waals surface area contributed by atoms with Gasteiger partial charge in [-0.25, -0.2) is 0 Å². The third-order valence-electron chi connectivity index (χ3n) is 2.39. The minimum atomic E-state index is 0.0144. The molecule has 92 valence electrons. The molecule has 3 nitrogen and oxygen atoms in total. The van der Waals surface area contributed by atoms with Crippen molar-refractivity contribution in [2.45, 2.75) is 20.4 Å². The van der Waals surface area contributed by atoms with E-state index in [4.69, 9.17) is 0 Å². The van der Waals surface area contributed by atoms with E-state index in [1.807, 2.05) is 37.7 Å². The van der Waals surface area contributed by atoms with Crippen molar-refractivity contribution in [3.8, 4) is 0 Å². The summed E-state index contributed by atoms with van der Waals surface area (Å²) in [5.74, 6) is 0. The first-order valence-electron chi connectivity index (χ1n) is 5.60. The molecule has 2 aromatic heterocycles. The van der Waals surface area contributed by atoms with Crippen LogP contribution >= 0.6 is 15.9 Å². The van der Waals surface area contributed by atoms with Crippen molar-refractivity contribution in [1.29, 1.82) is 0 Å². The summed E-state index contributed by atoms with van der Waals surface area (Å²) >= 11 is 3.46. The first kappa shape index (κ1) is 13.8. The Morgan fingerprint density at radius 1 is 1.47 bits per heavy atom. The van der Waals surface area contributed by atoms with Gasteiger partial charge < -0.3 is 9.13 Å². The number of hydrogen-bond donors (Lipinski definition) is 0. The summed E-state index contributed by atoms with van der Waals surface area (Å²) < 4.78 is 4.40. The van der Waals surface area contributed by atoms with Gasteiger partial charge in [0.25, 0.3) is 5.56 Å². The van der Waals surface area contributed by atoms with Crippen LogP contribution in [-0.4, -0.2) is 9.13 Å². The van der Waals surface area contributed by atoms with E-state index < -0.39 is 0 Å². The molecule has 2 aromatic rings. The van der Waals surface area contributed by atoms with Gasteiger partial charge in [0.05, 0.1) is 0 Å². The molecule has 0 bridgehead atoms. The normalized spacial score (nSPS) is 9.88. The zero-order valence-corrected chi connectivity index (χ0v) is 12.0. The van der Waals surface area contributed by atoms with Crippen molar-refractivity contribution in [2.75, 3.05) is 0 Å². The standard InChI is InChI=1S/C11H11BrN2O.C2H6/c1-3-5-14-7-9(12)8-4-6-13(2)10(8)11(14)15;1-2/h3-4,6-7H,1,5H2,2H3;1-2H3. The van der Waals surface area contributed by atoms with Gasteiger partial charge in [-0.2, -0.15) is 0 Å². The minimum absolute atomic E-state index is 0.0144. The van der Waals surface area contributed by atoms with Crippen molar-refractivity contribution < 1.29 is 0 Å². The van der Waals surface area contributed by atoms with Gasteiger partial charge in [-0.05, 0) is 22.0 Å². The molecule has 0 unspecified atom stereocenters. The number of nitrogens with zero attached hydrogens (tertiary/aromatic N) is 2. The highest BCUT2D eigenvalue weighted by Gasteiger charge is 2.08. The van der Waals surface area contributed by atoms with Crippen LogP contribution in [0.2, 0.25) is 0 Å². The van der Waals surface area contributed by atoms with E-state index >= 15 is 0 Å². The molecular weight excluding hydrogens is 280 g/mol. The zero-order chi connectivity index (χ0) is 13.0. The Bertz CT molecular complexity index is 581. The second-order valence-electron chi connectivity index (χ2n) is 3.41. The molecule has 2 heterocycles. The summed E-state index contributed by atoms with van der Waals surface area (Å²) in [6, 6.07) is 1.93. The summed E-state index contributed by atoms with van der Waals surface area (Å²) in [7, 11) is 1.87. The Morgan fingerprint density at radius 2 is 2.12 bits per heavy atom. The van der Waals surface area contributed by atoms with E-state index in [1.54, 1.807) is 16.8 Å². The fraction of sp³-hybridized carbons (Fsp3) is 0.308. The van der Waals surface area contributed by atoms with Crippen LogP contribution in [0.4, 0.5) is 0 Å². The molecule has 2 rings (SSSR count). The molecule has 0 aliphatic carbocycles. The van der Waals surface area contributed by atoms with E-state index in [0.717, 1.165) is 9.86 Å². The average Bonchev–Trinajstić information content (AvgIpc) is 2.72. The van der Waals surface area contributed by atoms with Crippen molar-refractivity contribution in [2.24, 2.45) is 7.05 Å². The Balaban J connectivity index is 0.000000686. The van der Waals surface area contributed by atoms with E-state index in [2.05, 4.69) is 22.5 Å². The van der Waals surface area contributed by atoms with E-state index in [0.29, 0.717) is 12.1 Å². The van der Waals surface area contributed by atoms with Crippen LogP contribution in [0.15, 0.2) is 40.4 Å². The van der Waals surface area contributed by atoms with Crippen LogP contribution in [0.5, 0.6) is 0 Å². The second kappa shape index (κ2) is 5.87. The minimum Gasteiger partial charge on any atom is -0.346 e. The molecule has 0 aliphatic heterocycles. The summed E-state index contributed by atoms with van der Waals surface area (Å²) in [6.45, 7) is 8.16. The van der Waals surface area contributed by atoms with Gasteiger partial charge in [0.1, 0.15) is 5.52 Å². The van der Waals surface area contributed by atoms with Crippen molar-refractivity contribution >= 4 is 26.8 Å². The van der Waals surface area contributed by atoms with Gasteiger partial charge >= 0.3 is 0 Å². The van der Waals surface area contributed by atoms with Crippen LogP contribution in [-0.2, 0) is 13.6 Å². The topological polar surface area (TPSA) is 26.9 Å². The fourth-order valence-electron chi connectivity index (χ4n) is 1.66. The predicted octanol–water partition coefficient (Wildman–Crippen LogP) is 3.31. The molecule has 0 amide bonds. The zero-order valence-electron chi connectivity index (χ0n) is 10.4. The van der Waals surface area contributed by atoms with Crippen molar-refractivity contribution in [1.82, 2.24) is 9.13 Å². The molecule has 0 fully saturated rings. The van der Waals surface area contributed by atoms with E-state index in [-0.39, 0.29) is 5.56 Å². The number of pyridine rings is 1. The Hall–Kier alpha value is -1.29. The molecule has 0 saturated carbocycles. The number of allylic oxidation sites excluding steroid dienone is 1. The number of aromatic nitrogens is 2. The van der Waals surface area contributed by atoms with Crippen LogP contribution < -0.4 is 5.56 Å². The van der Waals surface area contributed by atoms with Gasteiger partial charge in [0.15, 0.2) is 0 Å². The maximum absolute atomic E-state index is 12.0. The molecule has 0 radical (unpaired) electrons. The maximum Gasteiger partial charge on any atom is 0.275 e. The lowest BCUT2D eigenvalue weighted by atomic mass is 10.3. The fourth-order valence-corrected chi connectivity index (χ4v) is 2.23. The van der Waals surface area contributed by atoms with Gasteiger partial charge in [-0.3, -0.25) is 4.79 Å². The van der Waals surface area contributed by atoms with E-state index in [9.17, 15) is 4.79 Å². The summed E-state index contributed by atoms with van der Waals surface area (Å²) in [5.41, 5.74) is 0.729. The molecular formula is C13H17BrN2O. The van der Waals surface area contributed by atoms with Crippen LogP contribution in [0, 0.1) is 0 Å². The lowest BCUT2D eigenvalue weighted by Gasteiger charge is -2.05. The number of hydrogen-bond acceptors (Lipinski definition) is 1. The first-order chi connectivity index (χ1) is 8.15. The number of halogens is 1. The van der Waals surface area contributed by atoms with Crippen LogP contribution in [0.3, 0.4) is 0 Å². The van der Waals surface area contributed by atoms with Crippen LogP contribution in [0.1, 0.15) is 13.8 Å². The maximum atomic E-state index is 12.0.